The molecule has 2 saturated heterocycles. The molecule has 3 atom stereocenters. The van der Waals surface area contributed by atoms with Crippen molar-refractivity contribution in [1.82, 2.24) is 26.2 Å². The first kappa shape index (κ1) is 20.4. The van der Waals surface area contributed by atoms with Crippen LogP contribution in [-0.4, -0.2) is 74.4 Å². The van der Waals surface area contributed by atoms with Crippen molar-refractivity contribution < 1.29 is 4.79 Å². The average molecular weight is 355 g/mol. The molecule has 0 aromatic carbocycles. The van der Waals surface area contributed by atoms with Gasteiger partial charge in [0, 0.05) is 56.9 Å². The lowest BCUT2D eigenvalue weighted by Crippen LogP contribution is -2.50. The van der Waals surface area contributed by atoms with E-state index in [1.807, 2.05) is 20.8 Å². The zero-order valence-corrected chi connectivity index (χ0v) is 16.4. The number of carbonyl (C=O) groups is 1. The lowest BCUT2D eigenvalue weighted by atomic mass is 10.0. The van der Waals surface area contributed by atoms with Crippen LogP contribution in [0.15, 0.2) is 0 Å². The minimum absolute atomic E-state index is 0.0709. The van der Waals surface area contributed by atoms with Gasteiger partial charge in [-0.25, -0.2) is 4.79 Å². The summed E-state index contributed by atoms with van der Waals surface area (Å²) in [7, 11) is 0. The summed E-state index contributed by atoms with van der Waals surface area (Å²) in [5.41, 5.74) is 5.60. The molecule has 0 unspecified atom stereocenters. The Morgan fingerprint density at radius 3 is 2.60 bits per heavy atom. The Bertz CT molecular complexity index is 420. The predicted octanol–water partition coefficient (Wildman–Crippen LogP) is -0.0692. The number of hydrogen-bond acceptors (Lipinski definition) is 5. The molecule has 2 rings (SSSR count). The van der Waals surface area contributed by atoms with E-state index in [4.69, 9.17) is 5.73 Å². The zero-order chi connectivity index (χ0) is 18.4. The van der Waals surface area contributed by atoms with Crippen LogP contribution in [-0.2, 0) is 0 Å². The molecule has 2 aliphatic heterocycles. The van der Waals surface area contributed by atoms with Crippen LogP contribution >= 0.6 is 0 Å². The predicted molar refractivity (Wildman–Crippen MR) is 103 cm³/mol. The van der Waals surface area contributed by atoms with Crippen LogP contribution in [0, 0.1) is 11.8 Å². The highest BCUT2D eigenvalue weighted by atomic mass is 16.2. The number of urea groups is 1. The monoisotopic (exact) mass is 354 g/mol. The van der Waals surface area contributed by atoms with E-state index >= 15 is 0 Å². The number of nitrogens with two attached hydrogens (primary N) is 1. The third-order valence-corrected chi connectivity index (χ3v) is 4.98. The molecular formula is C18H38N6O. The van der Waals surface area contributed by atoms with E-state index in [0.717, 1.165) is 51.6 Å². The molecule has 0 radical (unpaired) electrons. The first-order chi connectivity index (χ1) is 11.8. The maximum absolute atomic E-state index is 12.2. The first-order valence-corrected chi connectivity index (χ1v) is 9.71. The topological polar surface area (TPSA) is 94.5 Å². The van der Waals surface area contributed by atoms with E-state index in [0.29, 0.717) is 18.5 Å². The summed E-state index contributed by atoms with van der Waals surface area (Å²) in [6.45, 7) is 15.1. The number of nitrogens with zero attached hydrogens (tertiary/aromatic N) is 1. The summed E-state index contributed by atoms with van der Waals surface area (Å²) < 4.78 is 0. The van der Waals surface area contributed by atoms with Gasteiger partial charge in [-0.15, -0.1) is 0 Å². The highest BCUT2D eigenvalue weighted by Crippen LogP contribution is 2.19. The average Bonchev–Trinajstić information content (AvgIpc) is 2.80. The lowest BCUT2D eigenvalue weighted by Gasteiger charge is -2.30. The molecule has 7 nitrogen and oxygen atoms in total. The van der Waals surface area contributed by atoms with Crippen molar-refractivity contribution in [2.75, 3.05) is 45.8 Å². The highest BCUT2D eigenvalue weighted by Gasteiger charge is 2.33. The maximum Gasteiger partial charge on any atom is 0.315 e. The van der Waals surface area contributed by atoms with Gasteiger partial charge in [-0.05, 0) is 45.6 Å². The maximum atomic E-state index is 12.2. The van der Waals surface area contributed by atoms with Gasteiger partial charge in [-0.1, -0.05) is 6.92 Å². The molecule has 6 N–H and O–H groups in total. The van der Waals surface area contributed by atoms with Gasteiger partial charge in [0.05, 0.1) is 0 Å². The molecule has 0 saturated carbocycles. The van der Waals surface area contributed by atoms with Crippen LogP contribution < -0.4 is 27.0 Å². The molecular weight excluding hydrogens is 316 g/mol. The van der Waals surface area contributed by atoms with Crippen LogP contribution in [0.5, 0.6) is 0 Å². The van der Waals surface area contributed by atoms with Crippen molar-refractivity contribution in [3.8, 4) is 0 Å². The minimum Gasteiger partial charge on any atom is -0.334 e. The van der Waals surface area contributed by atoms with Crippen molar-refractivity contribution in [2.45, 2.75) is 51.7 Å². The van der Waals surface area contributed by atoms with Gasteiger partial charge in [-0.3, -0.25) is 4.90 Å². The van der Waals surface area contributed by atoms with Gasteiger partial charge in [0.25, 0.3) is 0 Å². The van der Waals surface area contributed by atoms with Crippen molar-refractivity contribution >= 4 is 6.03 Å². The molecule has 2 amide bonds. The largest absolute Gasteiger partial charge is 0.334 e. The number of nitrogens with one attached hydrogen (secondary N) is 4. The summed E-state index contributed by atoms with van der Waals surface area (Å²) in [5, 5.41) is 13.1. The lowest BCUT2D eigenvalue weighted by molar-refractivity contribution is 0.209. The van der Waals surface area contributed by atoms with Crippen molar-refractivity contribution in [2.24, 2.45) is 17.6 Å². The van der Waals surface area contributed by atoms with Crippen LogP contribution in [0.1, 0.15) is 34.1 Å². The van der Waals surface area contributed by atoms with E-state index < -0.39 is 0 Å². The molecule has 2 fully saturated rings. The van der Waals surface area contributed by atoms with Crippen molar-refractivity contribution in [1.29, 1.82) is 0 Å². The molecule has 2 heterocycles. The Kier molecular flexibility index (Phi) is 7.49. The molecule has 0 aromatic rings. The third-order valence-electron chi connectivity index (χ3n) is 4.98. The molecule has 7 heteroatoms. The molecule has 0 aromatic heterocycles. The molecule has 0 aliphatic carbocycles. The SMILES string of the molecule is C[C@@H](CN)CN1C[C@H](NC(=O)NC(C)(C)C)C[C@H]1CNCC1CNC1. The summed E-state index contributed by atoms with van der Waals surface area (Å²) in [6, 6.07) is 0.588. The van der Waals surface area contributed by atoms with Crippen molar-refractivity contribution in [3.63, 3.8) is 0 Å². The van der Waals surface area contributed by atoms with Gasteiger partial charge in [-0.2, -0.15) is 0 Å². The fourth-order valence-electron chi connectivity index (χ4n) is 3.51. The van der Waals surface area contributed by atoms with Gasteiger partial charge in [0.1, 0.15) is 0 Å². The molecule has 146 valence electrons. The van der Waals surface area contributed by atoms with Gasteiger partial charge in [0.2, 0.25) is 0 Å². The smallest absolute Gasteiger partial charge is 0.315 e. The van der Waals surface area contributed by atoms with Crippen LogP contribution in [0.3, 0.4) is 0 Å². The van der Waals surface area contributed by atoms with Crippen LogP contribution in [0.25, 0.3) is 0 Å². The second-order valence-corrected chi connectivity index (χ2v) is 8.91. The summed E-state index contributed by atoms with van der Waals surface area (Å²) in [5.74, 6) is 1.24. The summed E-state index contributed by atoms with van der Waals surface area (Å²) in [4.78, 5) is 14.7. The van der Waals surface area contributed by atoms with Crippen molar-refractivity contribution in [3.05, 3.63) is 0 Å². The van der Waals surface area contributed by atoms with E-state index in [1.54, 1.807) is 0 Å². The molecule has 0 bridgehead atoms. The Balaban J connectivity index is 1.82. The normalized spacial score (nSPS) is 26.3. The van der Waals surface area contributed by atoms with Gasteiger partial charge >= 0.3 is 6.03 Å². The third kappa shape index (κ3) is 7.09. The fourth-order valence-corrected chi connectivity index (χ4v) is 3.51. The number of rotatable bonds is 8. The molecule has 25 heavy (non-hydrogen) atoms. The Morgan fingerprint density at radius 1 is 1.32 bits per heavy atom. The van der Waals surface area contributed by atoms with Gasteiger partial charge < -0.3 is 27.0 Å². The standard InChI is InChI=1S/C18H38N6O/c1-13(6-19)11-24-12-15(22-17(25)23-18(2,3)4)5-16(24)10-21-9-14-7-20-8-14/h13-16,20-21H,5-12,19H2,1-4H3,(H2,22,23,25)/t13-,15+,16-/m0/s1. The number of carbonyl (C=O) groups excluding carboxylic acids is 1. The summed E-state index contributed by atoms with van der Waals surface area (Å²) >= 11 is 0. The number of likely N-dealkylation sites (tertiary alicyclic amines) is 1. The fraction of sp³-hybridized carbons (Fsp3) is 0.944. The van der Waals surface area contributed by atoms with Gasteiger partial charge in [0.15, 0.2) is 0 Å². The van der Waals surface area contributed by atoms with E-state index in [2.05, 4.69) is 33.1 Å². The molecule has 0 spiro atoms. The zero-order valence-electron chi connectivity index (χ0n) is 16.4. The second-order valence-electron chi connectivity index (χ2n) is 8.91. The van der Waals surface area contributed by atoms with E-state index in [1.165, 1.54) is 0 Å². The quantitative estimate of drug-likeness (QED) is 0.421. The van der Waals surface area contributed by atoms with E-state index in [9.17, 15) is 4.79 Å². The Morgan fingerprint density at radius 2 is 2.04 bits per heavy atom. The Labute approximate surface area is 152 Å². The second kappa shape index (κ2) is 9.16. The van der Waals surface area contributed by atoms with Crippen LogP contribution in [0.2, 0.25) is 0 Å². The minimum atomic E-state index is -0.214. The van der Waals surface area contributed by atoms with E-state index in [-0.39, 0.29) is 17.6 Å². The first-order valence-electron chi connectivity index (χ1n) is 9.71. The highest BCUT2D eigenvalue weighted by molar-refractivity contribution is 5.75. The number of hydrogen-bond donors (Lipinski definition) is 5. The number of amides is 2. The summed E-state index contributed by atoms with van der Waals surface area (Å²) in [6.07, 6.45) is 0.991. The molecule has 2 aliphatic rings. The Hall–Kier alpha value is -0.890. The van der Waals surface area contributed by atoms with Crippen LogP contribution in [0.4, 0.5) is 4.79 Å².